The first-order valence-electron chi connectivity index (χ1n) is 11.0. The number of nitrogens with zero attached hydrogens (tertiary/aromatic N) is 4. The van der Waals surface area contributed by atoms with E-state index in [0.29, 0.717) is 6.54 Å². The van der Waals surface area contributed by atoms with Gasteiger partial charge in [-0.25, -0.2) is 4.98 Å². The zero-order chi connectivity index (χ0) is 21.6. The molecule has 7 heteroatoms. The highest BCUT2D eigenvalue weighted by Crippen LogP contribution is 2.26. The Kier molecular flexibility index (Phi) is 6.72. The topological polar surface area (TPSA) is 72.7 Å². The molecule has 0 amide bonds. The summed E-state index contributed by atoms with van der Waals surface area (Å²) >= 11 is 0. The smallest absolute Gasteiger partial charge is 0.193 e. The minimum Gasteiger partial charge on any atom is -0.465 e. The van der Waals surface area contributed by atoms with Crippen LogP contribution in [0.4, 0.5) is 0 Å². The third-order valence-corrected chi connectivity index (χ3v) is 5.80. The number of aliphatic imine (C=N–C) groups is 1. The van der Waals surface area contributed by atoms with Gasteiger partial charge in [-0.15, -0.1) is 0 Å². The number of guanidine groups is 1. The molecule has 1 saturated heterocycles. The first-order chi connectivity index (χ1) is 15.1. The van der Waals surface area contributed by atoms with Crippen LogP contribution < -0.4 is 5.32 Å². The van der Waals surface area contributed by atoms with Crippen molar-refractivity contribution in [3.05, 3.63) is 66.0 Å². The summed E-state index contributed by atoms with van der Waals surface area (Å²) in [5.41, 5.74) is 2.16. The van der Waals surface area contributed by atoms with Crippen LogP contribution in [0, 0.1) is 6.92 Å². The van der Waals surface area contributed by atoms with Gasteiger partial charge < -0.3 is 19.6 Å². The number of H-pyrrole nitrogens is 1. The molecule has 0 aliphatic carbocycles. The molecule has 0 saturated carbocycles. The van der Waals surface area contributed by atoms with Gasteiger partial charge in [-0.2, -0.15) is 0 Å². The first kappa shape index (κ1) is 21.2. The molecule has 0 spiro atoms. The molecule has 31 heavy (non-hydrogen) atoms. The predicted molar refractivity (Wildman–Crippen MR) is 124 cm³/mol. The molecule has 2 N–H and O–H groups in total. The van der Waals surface area contributed by atoms with E-state index in [1.165, 1.54) is 12.8 Å². The van der Waals surface area contributed by atoms with Gasteiger partial charge in [0.2, 0.25) is 0 Å². The standard InChI is InChI=1S/C24H32N6O/c1-18-11-12-22(31-18)21(30-13-7-8-14-30)16-27-24(25-2)29(3)17-23-26-15-20(28-23)19-9-5-4-6-10-19/h4-6,9-12,15,21H,7-8,13-14,16-17H2,1-3H3,(H,25,27)(H,26,28). The van der Waals surface area contributed by atoms with E-state index in [1.807, 2.05) is 51.5 Å². The summed E-state index contributed by atoms with van der Waals surface area (Å²) in [5.74, 6) is 3.71. The van der Waals surface area contributed by atoms with Crippen LogP contribution in [0.25, 0.3) is 11.3 Å². The van der Waals surface area contributed by atoms with Crippen molar-refractivity contribution >= 4 is 5.96 Å². The van der Waals surface area contributed by atoms with Gasteiger partial charge in [0.15, 0.2) is 5.96 Å². The highest BCUT2D eigenvalue weighted by Gasteiger charge is 2.26. The average molecular weight is 421 g/mol. The van der Waals surface area contributed by atoms with Crippen LogP contribution >= 0.6 is 0 Å². The van der Waals surface area contributed by atoms with Gasteiger partial charge in [-0.3, -0.25) is 9.89 Å². The quantitative estimate of drug-likeness (QED) is 0.449. The van der Waals surface area contributed by atoms with E-state index in [9.17, 15) is 0 Å². The van der Waals surface area contributed by atoms with Crippen molar-refractivity contribution in [2.24, 2.45) is 4.99 Å². The first-order valence-corrected chi connectivity index (χ1v) is 11.0. The Hall–Kier alpha value is -3.06. The van der Waals surface area contributed by atoms with E-state index in [-0.39, 0.29) is 6.04 Å². The molecule has 4 rings (SSSR count). The normalized spacial score (nSPS) is 15.9. The van der Waals surface area contributed by atoms with E-state index in [1.54, 1.807) is 0 Å². The lowest BCUT2D eigenvalue weighted by Gasteiger charge is -2.28. The molecule has 1 aliphatic heterocycles. The maximum Gasteiger partial charge on any atom is 0.193 e. The van der Waals surface area contributed by atoms with Crippen LogP contribution in [-0.4, -0.2) is 59.5 Å². The predicted octanol–water partition coefficient (Wildman–Crippen LogP) is 3.82. The molecule has 0 bridgehead atoms. The van der Waals surface area contributed by atoms with Crippen LogP contribution in [0.15, 0.2) is 58.1 Å². The lowest BCUT2D eigenvalue weighted by Crippen LogP contribution is -2.43. The Morgan fingerprint density at radius 1 is 1.23 bits per heavy atom. The average Bonchev–Trinajstić information content (AvgIpc) is 3.55. The fraction of sp³-hybridized carbons (Fsp3) is 0.417. The lowest BCUT2D eigenvalue weighted by molar-refractivity contribution is 0.212. The summed E-state index contributed by atoms with van der Waals surface area (Å²) < 4.78 is 5.97. The van der Waals surface area contributed by atoms with Crippen molar-refractivity contribution in [3.63, 3.8) is 0 Å². The van der Waals surface area contributed by atoms with Crippen molar-refractivity contribution in [3.8, 4) is 11.3 Å². The summed E-state index contributed by atoms with van der Waals surface area (Å²) in [6, 6.07) is 14.6. The van der Waals surface area contributed by atoms with Crippen molar-refractivity contribution in [2.45, 2.75) is 32.4 Å². The Balaban J connectivity index is 1.39. The number of likely N-dealkylation sites (tertiary alicyclic amines) is 1. The van der Waals surface area contributed by atoms with E-state index < -0.39 is 0 Å². The number of benzene rings is 1. The minimum absolute atomic E-state index is 0.203. The molecule has 3 aromatic rings. The molecule has 1 fully saturated rings. The van der Waals surface area contributed by atoms with Crippen molar-refractivity contribution in [2.75, 3.05) is 33.7 Å². The minimum atomic E-state index is 0.203. The van der Waals surface area contributed by atoms with Crippen LogP contribution in [-0.2, 0) is 6.54 Å². The second-order valence-electron chi connectivity index (χ2n) is 8.10. The Morgan fingerprint density at radius 3 is 2.68 bits per heavy atom. The number of furan rings is 1. The van der Waals surface area contributed by atoms with E-state index in [4.69, 9.17) is 4.42 Å². The molecule has 2 aromatic heterocycles. The fourth-order valence-electron chi connectivity index (χ4n) is 4.17. The molecule has 1 unspecified atom stereocenters. The summed E-state index contributed by atoms with van der Waals surface area (Å²) in [4.78, 5) is 17.0. The Bertz CT molecular complexity index is 986. The third-order valence-electron chi connectivity index (χ3n) is 5.80. The second kappa shape index (κ2) is 9.83. The van der Waals surface area contributed by atoms with E-state index in [0.717, 1.165) is 54.2 Å². The van der Waals surface area contributed by atoms with Gasteiger partial charge in [0.05, 0.1) is 24.5 Å². The molecule has 0 radical (unpaired) electrons. The summed E-state index contributed by atoms with van der Waals surface area (Å²) in [7, 11) is 3.85. The molecule has 1 aromatic carbocycles. The van der Waals surface area contributed by atoms with Gasteiger partial charge in [0.1, 0.15) is 17.3 Å². The van der Waals surface area contributed by atoms with Gasteiger partial charge >= 0.3 is 0 Å². The van der Waals surface area contributed by atoms with Gasteiger partial charge in [-0.05, 0) is 50.6 Å². The van der Waals surface area contributed by atoms with Crippen LogP contribution in [0.3, 0.4) is 0 Å². The number of aromatic nitrogens is 2. The molecular formula is C24H32N6O. The SMILES string of the molecule is CN=C(NCC(c1ccc(C)o1)N1CCCC1)N(C)Cc1ncc(-c2ccccc2)[nH]1. The monoisotopic (exact) mass is 420 g/mol. The van der Waals surface area contributed by atoms with Gasteiger partial charge in [0, 0.05) is 20.6 Å². The number of hydrogen-bond acceptors (Lipinski definition) is 4. The fourth-order valence-corrected chi connectivity index (χ4v) is 4.17. The molecule has 7 nitrogen and oxygen atoms in total. The van der Waals surface area contributed by atoms with E-state index in [2.05, 4.69) is 48.3 Å². The summed E-state index contributed by atoms with van der Waals surface area (Å²) in [6.45, 7) is 5.60. The van der Waals surface area contributed by atoms with Crippen molar-refractivity contribution in [1.82, 2.24) is 25.1 Å². The molecule has 3 heterocycles. The lowest BCUT2D eigenvalue weighted by atomic mass is 10.2. The molecular weight excluding hydrogens is 388 g/mol. The number of hydrogen-bond donors (Lipinski definition) is 2. The van der Waals surface area contributed by atoms with E-state index >= 15 is 0 Å². The largest absolute Gasteiger partial charge is 0.465 e. The van der Waals surface area contributed by atoms with Gasteiger partial charge in [-0.1, -0.05) is 30.3 Å². The molecule has 1 aliphatic rings. The molecule has 164 valence electrons. The third kappa shape index (κ3) is 5.17. The second-order valence-corrected chi connectivity index (χ2v) is 8.10. The van der Waals surface area contributed by atoms with Crippen LogP contribution in [0.1, 0.15) is 36.2 Å². The number of rotatable bonds is 7. The highest BCUT2D eigenvalue weighted by atomic mass is 16.3. The van der Waals surface area contributed by atoms with Crippen LogP contribution in [0.2, 0.25) is 0 Å². The Labute approximate surface area is 184 Å². The van der Waals surface area contributed by atoms with Crippen molar-refractivity contribution < 1.29 is 4.42 Å². The zero-order valence-electron chi connectivity index (χ0n) is 18.6. The van der Waals surface area contributed by atoms with Gasteiger partial charge in [0.25, 0.3) is 0 Å². The Morgan fingerprint density at radius 2 is 2.00 bits per heavy atom. The highest BCUT2D eigenvalue weighted by molar-refractivity contribution is 5.79. The number of aromatic amines is 1. The number of aryl methyl sites for hydroxylation is 1. The van der Waals surface area contributed by atoms with Crippen LogP contribution in [0.5, 0.6) is 0 Å². The van der Waals surface area contributed by atoms with Crippen molar-refractivity contribution in [1.29, 1.82) is 0 Å². The summed E-state index contributed by atoms with van der Waals surface area (Å²) in [6.07, 6.45) is 4.37. The maximum absolute atomic E-state index is 5.97. The summed E-state index contributed by atoms with van der Waals surface area (Å²) in [5, 5.41) is 3.55. The maximum atomic E-state index is 5.97. The number of nitrogens with one attached hydrogen (secondary N) is 2. The molecule has 1 atom stereocenters. The number of imidazole rings is 1. The zero-order valence-corrected chi connectivity index (χ0v) is 18.6.